The van der Waals surface area contributed by atoms with E-state index in [9.17, 15) is 4.79 Å². The van der Waals surface area contributed by atoms with Gasteiger partial charge in [0, 0.05) is 22.9 Å². The Labute approximate surface area is 166 Å². The van der Waals surface area contributed by atoms with Gasteiger partial charge >= 0.3 is 0 Å². The van der Waals surface area contributed by atoms with Gasteiger partial charge in [0.2, 0.25) is 5.95 Å². The lowest BCUT2D eigenvalue weighted by Gasteiger charge is -2.23. The second-order valence-corrected chi connectivity index (χ2v) is 7.44. The number of nitrogens with zero attached hydrogens (tertiary/aromatic N) is 3. The zero-order valence-electron chi connectivity index (χ0n) is 15.2. The molecule has 0 bridgehead atoms. The van der Waals surface area contributed by atoms with E-state index in [1.165, 1.54) is 5.56 Å². The number of nitrogens with one attached hydrogen (secondary N) is 1. The van der Waals surface area contributed by atoms with Gasteiger partial charge in [-0.25, -0.2) is 4.98 Å². The monoisotopic (exact) mass is 388 g/mol. The normalized spacial score (nSPS) is 15.8. The van der Waals surface area contributed by atoms with Gasteiger partial charge in [-0.1, -0.05) is 41.9 Å². The van der Waals surface area contributed by atoms with Gasteiger partial charge in [0.25, 0.3) is 5.56 Å². The van der Waals surface area contributed by atoms with Crippen molar-refractivity contribution in [1.29, 1.82) is 0 Å². The molecule has 138 valence electrons. The number of benzene rings is 2. The number of halogens is 1. The average Bonchev–Trinajstić information content (AvgIpc) is 3.03. The van der Waals surface area contributed by atoms with Crippen LogP contribution in [0.2, 0.25) is 5.02 Å². The highest BCUT2D eigenvalue weighted by Gasteiger charge is 2.29. The van der Waals surface area contributed by atoms with Gasteiger partial charge < -0.3 is 4.90 Å². The van der Waals surface area contributed by atoms with E-state index in [2.05, 4.69) is 33.9 Å². The smallest absolute Gasteiger partial charge is 0.262 e. The topological polar surface area (TPSA) is 61.9 Å². The summed E-state index contributed by atoms with van der Waals surface area (Å²) in [5.74, 6) is 0.524. The first-order valence-corrected chi connectivity index (χ1v) is 9.52. The molecule has 3 heterocycles. The molecule has 0 radical (unpaired) electrons. The fourth-order valence-corrected chi connectivity index (χ4v) is 4.05. The number of pyridine rings is 1. The third-order valence-corrected chi connectivity index (χ3v) is 5.44. The Morgan fingerprint density at radius 2 is 1.89 bits per heavy atom. The van der Waals surface area contributed by atoms with E-state index in [-0.39, 0.29) is 11.6 Å². The van der Waals surface area contributed by atoms with E-state index < -0.39 is 0 Å². The zero-order valence-corrected chi connectivity index (χ0v) is 15.9. The first kappa shape index (κ1) is 17.0. The molecule has 4 aromatic rings. The minimum absolute atomic E-state index is 0.199. The number of para-hydroxylation sites is 1. The molecule has 0 spiro atoms. The van der Waals surface area contributed by atoms with Crippen LogP contribution in [0.15, 0.2) is 65.6 Å². The number of H-pyrrole nitrogens is 1. The number of hydrogen-bond acceptors (Lipinski definition) is 4. The standard InChI is InChI=1S/C22H17ClN4O/c1-13-12-15-4-2-3-5-18(15)27(13)22-25-20-19(21(28)26-22)17(10-11-24-20)14-6-8-16(23)9-7-14/h2-11,13H,12H2,1H3,(H,24,25,26,28). The van der Waals surface area contributed by atoms with Crippen molar-refractivity contribution < 1.29 is 0 Å². The van der Waals surface area contributed by atoms with Crippen molar-refractivity contribution in [2.24, 2.45) is 0 Å². The SMILES string of the molecule is CC1Cc2ccccc2N1c1nc2nccc(-c3ccc(Cl)cc3)c2c(=O)[nH]1. The van der Waals surface area contributed by atoms with Crippen LogP contribution in [0.3, 0.4) is 0 Å². The quantitative estimate of drug-likeness (QED) is 0.539. The lowest BCUT2D eigenvalue weighted by molar-refractivity contribution is 0.740. The van der Waals surface area contributed by atoms with Gasteiger partial charge in [-0.05, 0) is 54.3 Å². The van der Waals surface area contributed by atoms with Crippen LogP contribution < -0.4 is 10.5 Å². The number of aromatic nitrogens is 3. The first-order chi connectivity index (χ1) is 13.6. The zero-order chi connectivity index (χ0) is 19.3. The summed E-state index contributed by atoms with van der Waals surface area (Å²) in [4.78, 5) is 27.2. The van der Waals surface area contributed by atoms with Gasteiger partial charge in [0.1, 0.15) is 0 Å². The molecule has 6 heteroatoms. The molecule has 0 amide bonds. The molecule has 0 saturated carbocycles. The number of rotatable bonds is 2. The minimum atomic E-state index is -0.199. The third-order valence-electron chi connectivity index (χ3n) is 5.19. The Bertz CT molecular complexity index is 1250. The second kappa shape index (κ2) is 6.46. The number of hydrogen-bond donors (Lipinski definition) is 1. The van der Waals surface area contributed by atoms with Gasteiger partial charge in [-0.2, -0.15) is 4.98 Å². The highest BCUT2D eigenvalue weighted by atomic mass is 35.5. The molecule has 1 aliphatic heterocycles. The van der Waals surface area contributed by atoms with Crippen LogP contribution in [0.1, 0.15) is 12.5 Å². The molecular weight excluding hydrogens is 372 g/mol. The van der Waals surface area contributed by atoms with E-state index in [0.29, 0.717) is 22.0 Å². The summed E-state index contributed by atoms with van der Waals surface area (Å²) in [6.45, 7) is 2.13. The molecule has 1 atom stereocenters. The second-order valence-electron chi connectivity index (χ2n) is 7.01. The van der Waals surface area contributed by atoms with Crippen molar-refractivity contribution >= 4 is 34.3 Å². The fraction of sp³-hybridized carbons (Fsp3) is 0.136. The van der Waals surface area contributed by atoms with Gasteiger partial charge in [-0.15, -0.1) is 0 Å². The summed E-state index contributed by atoms with van der Waals surface area (Å²) in [5.41, 5.74) is 4.25. The molecule has 28 heavy (non-hydrogen) atoms. The van der Waals surface area contributed by atoms with Crippen molar-refractivity contribution in [2.45, 2.75) is 19.4 Å². The number of aromatic amines is 1. The summed E-state index contributed by atoms with van der Waals surface area (Å²) < 4.78 is 0. The Morgan fingerprint density at radius 3 is 2.71 bits per heavy atom. The third kappa shape index (κ3) is 2.67. The van der Waals surface area contributed by atoms with E-state index in [1.807, 2.05) is 42.5 Å². The van der Waals surface area contributed by atoms with Gasteiger partial charge in [0.15, 0.2) is 5.65 Å². The molecular formula is C22H17ClN4O. The Kier molecular flexibility index (Phi) is 3.91. The summed E-state index contributed by atoms with van der Waals surface area (Å²) in [6, 6.07) is 17.6. The number of fused-ring (bicyclic) bond motifs is 2. The Balaban J connectivity index is 1.69. The molecule has 1 unspecified atom stereocenters. The maximum atomic E-state index is 13.0. The van der Waals surface area contributed by atoms with Crippen LogP contribution in [0, 0.1) is 0 Å². The van der Waals surface area contributed by atoms with Crippen molar-refractivity contribution in [3.05, 3.63) is 81.7 Å². The van der Waals surface area contributed by atoms with Crippen molar-refractivity contribution in [3.8, 4) is 11.1 Å². The predicted molar refractivity (Wildman–Crippen MR) is 112 cm³/mol. The highest BCUT2D eigenvalue weighted by Crippen LogP contribution is 2.36. The van der Waals surface area contributed by atoms with Crippen molar-refractivity contribution in [1.82, 2.24) is 15.0 Å². The number of anilines is 2. The van der Waals surface area contributed by atoms with Gasteiger partial charge in [0.05, 0.1) is 5.39 Å². The van der Waals surface area contributed by atoms with E-state index in [0.717, 1.165) is 23.2 Å². The fourth-order valence-electron chi connectivity index (χ4n) is 3.92. The molecule has 0 fully saturated rings. The van der Waals surface area contributed by atoms with Crippen molar-refractivity contribution in [3.63, 3.8) is 0 Å². The van der Waals surface area contributed by atoms with Crippen LogP contribution >= 0.6 is 11.6 Å². The van der Waals surface area contributed by atoms with Crippen LogP contribution in [0.25, 0.3) is 22.2 Å². The lowest BCUT2D eigenvalue weighted by Crippen LogP contribution is -2.28. The summed E-state index contributed by atoms with van der Waals surface area (Å²) in [5, 5.41) is 1.13. The molecule has 0 aliphatic carbocycles. The van der Waals surface area contributed by atoms with Crippen LogP contribution in [-0.2, 0) is 6.42 Å². The van der Waals surface area contributed by atoms with E-state index in [1.54, 1.807) is 6.20 Å². The Morgan fingerprint density at radius 1 is 1.11 bits per heavy atom. The molecule has 1 N–H and O–H groups in total. The maximum Gasteiger partial charge on any atom is 0.262 e. The Hall–Kier alpha value is -3.18. The molecule has 2 aromatic carbocycles. The largest absolute Gasteiger partial charge is 0.309 e. The molecule has 1 aliphatic rings. The summed E-state index contributed by atoms with van der Waals surface area (Å²) in [7, 11) is 0. The van der Waals surface area contributed by atoms with Crippen LogP contribution in [0.5, 0.6) is 0 Å². The first-order valence-electron chi connectivity index (χ1n) is 9.14. The minimum Gasteiger partial charge on any atom is -0.309 e. The summed E-state index contributed by atoms with van der Waals surface area (Å²) in [6.07, 6.45) is 2.60. The molecule has 5 nitrogen and oxygen atoms in total. The van der Waals surface area contributed by atoms with E-state index in [4.69, 9.17) is 16.6 Å². The predicted octanol–water partition coefficient (Wildman–Crippen LogP) is 4.72. The van der Waals surface area contributed by atoms with Crippen LogP contribution in [-0.4, -0.2) is 21.0 Å². The molecule has 2 aromatic heterocycles. The van der Waals surface area contributed by atoms with Gasteiger partial charge in [-0.3, -0.25) is 9.78 Å². The summed E-state index contributed by atoms with van der Waals surface area (Å²) >= 11 is 6.00. The van der Waals surface area contributed by atoms with Crippen molar-refractivity contribution in [2.75, 3.05) is 4.90 Å². The lowest BCUT2D eigenvalue weighted by atomic mass is 10.0. The molecule has 0 saturated heterocycles. The van der Waals surface area contributed by atoms with Crippen LogP contribution in [0.4, 0.5) is 11.6 Å². The highest BCUT2D eigenvalue weighted by molar-refractivity contribution is 6.30. The van der Waals surface area contributed by atoms with E-state index >= 15 is 0 Å². The molecule has 5 rings (SSSR count). The maximum absolute atomic E-state index is 13.0. The average molecular weight is 389 g/mol.